The van der Waals surface area contributed by atoms with Gasteiger partial charge in [0.2, 0.25) is 0 Å². The van der Waals surface area contributed by atoms with Crippen molar-refractivity contribution in [1.82, 2.24) is 4.90 Å². The molecule has 0 aliphatic heterocycles. The van der Waals surface area contributed by atoms with E-state index in [1.165, 1.54) is 0 Å². The maximum atomic E-state index is 12.5. The average molecular weight is 336 g/mol. The van der Waals surface area contributed by atoms with Crippen LogP contribution in [0, 0.1) is 6.92 Å². The largest absolute Gasteiger partial charge is 0.337 e. The number of nitrogens with zero attached hydrogens (tertiary/aromatic N) is 1. The van der Waals surface area contributed by atoms with Gasteiger partial charge in [-0.1, -0.05) is 23.7 Å². The Morgan fingerprint density at radius 2 is 1.82 bits per heavy atom. The summed E-state index contributed by atoms with van der Waals surface area (Å²) in [4.78, 5) is 14.9. The van der Waals surface area contributed by atoms with E-state index in [0.717, 1.165) is 16.0 Å². The van der Waals surface area contributed by atoms with E-state index in [1.54, 1.807) is 36.4 Å². The van der Waals surface area contributed by atoms with Crippen molar-refractivity contribution in [2.45, 2.75) is 18.4 Å². The fourth-order valence-corrected chi connectivity index (χ4v) is 2.95. The molecular formula is C17H18ClNO2S. The van der Waals surface area contributed by atoms with Crippen LogP contribution in [-0.2, 0) is 17.3 Å². The van der Waals surface area contributed by atoms with Gasteiger partial charge in [0.25, 0.3) is 5.91 Å². The van der Waals surface area contributed by atoms with E-state index < -0.39 is 10.8 Å². The molecule has 3 nitrogen and oxygen atoms in total. The van der Waals surface area contributed by atoms with Gasteiger partial charge in [-0.25, -0.2) is 0 Å². The van der Waals surface area contributed by atoms with Crippen LogP contribution in [-0.4, -0.2) is 28.3 Å². The number of carbonyl (C=O) groups is 1. The van der Waals surface area contributed by atoms with Gasteiger partial charge >= 0.3 is 0 Å². The maximum absolute atomic E-state index is 12.5. The Balaban J connectivity index is 2.12. The van der Waals surface area contributed by atoms with Gasteiger partial charge in [-0.15, -0.1) is 0 Å². The molecule has 0 spiro atoms. The molecule has 0 saturated carbocycles. The third-order valence-corrected chi connectivity index (χ3v) is 4.61. The van der Waals surface area contributed by atoms with E-state index in [1.807, 2.05) is 31.2 Å². The summed E-state index contributed by atoms with van der Waals surface area (Å²) in [5, 5.41) is 0.625. The molecule has 0 N–H and O–H groups in total. The van der Waals surface area contributed by atoms with E-state index in [9.17, 15) is 9.00 Å². The molecular weight excluding hydrogens is 318 g/mol. The highest BCUT2D eigenvalue weighted by molar-refractivity contribution is 7.84. The zero-order chi connectivity index (χ0) is 16.3. The van der Waals surface area contributed by atoms with E-state index in [0.29, 0.717) is 17.1 Å². The highest BCUT2D eigenvalue weighted by atomic mass is 35.5. The van der Waals surface area contributed by atoms with E-state index in [2.05, 4.69) is 0 Å². The first-order valence-electron chi connectivity index (χ1n) is 6.82. The molecule has 0 aliphatic carbocycles. The lowest BCUT2D eigenvalue weighted by Gasteiger charge is -2.18. The second-order valence-corrected chi connectivity index (χ2v) is 7.03. The normalized spacial score (nSPS) is 12.0. The SMILES string of the molecule is Cc1cc(Cl)ccc1C(=O)N(C)Cc1ccc([S@](C)=O)cc1. The third-order valence-electron chi connectivity index (χ3n) is 3.44. The molecule has 0 saturated heterocycles. The number of amides is 1. The lowest BCUT2D eigenvalue weighted by Crippen LogP contribution is -2.26. The van der Waals surface area contributed by atoms with Crippen molar-refractivity contribution in [3.05, 3.63) is 64.2 Å². The first-order valence-corrected chi connectivity index (χ1v) is 8.76. The Hall–Kier alpha value is -1.65. The highest BCUT2D eigenvalue weighted by Crippen LogP contribution is 2.18. The van der Waals surface area contributed by atoms with Gasteiger partial charge in [-0.3, -0.25) is 9.00 Å². The van der Waals surface area contributed by atoms with Crippen molar-refractivity contribution in [1.29, 1.82) is 0 Å². The van der Waals surface area contributed by atoms with E-state index in [4.69, 9.17) is 11.6 Å². The fourth-order valence-electron chi connectivity index (χ4n) is 2.20. The van der Waals surface area contributed by atoms with Crippen LogP contribution in [0.3, 0.4) is 0 Å². The van der Waals surface area contributed by atoms with Crippen LogP contribution in [0.1, 0.15) is 21.5 Å². The predicted octanol–water partition coefficient (Wildman–Crippen LogP) is 3.66. The summed E-state index contributed by atoms with van der Waals surface area (Å²) in [5.74, 6) is -0.0442. The molecule has 2 aromatic rings. The lowest BCUT2D eigenvalue weighted by atomic mass is 10.1. The Kier molecular flexibility index (Phi) is 5.37. The molecule has 22 heavy (non-hydrogen) atoms. The van der Waals surface area contributed by atoms with Gasteiger partial charge in [0.05, 0.1) is 0 Å². The number of rotatable bonds is 4. The van der Waals surface area contributed by atoms with Gasteiger partial charge in [-0.2, -0.15) is 0 Å². The summed E-state index contributed by atoms with van der Waals surface area (Å²) in [7, 11) is 0.779. The topological polar surface area (TPSA) is 37.4 Å². The number of benzene rings is 2. The Morgan fingerprint density at radius 1 is 1.18 bits per heavy atom. The summed E-state index contributed by atoms with van der Waals surface area (Å²) in [6.07, 6.45) is 1.65. The summed E-state index contributed by atoms with van der Waals surface area (Å²) >= 11 is 5.92. The van der Waals surface area contributed by atoms with Crippen LogP contribution < -0.4 is 0 Å². The van der Waals surface area contributed by atoms with Crippen LogP contribution in [0.2, 0.25) is 5.02 Å². The first-order chi connectivity index (χ1) is 10.4. The Labute approximate surface area is 138 Å². The molecule has 0 bridgehead atoms. The third kappa shape index (κ3) is 3.96. The van der Waals surface area contributed by atoms with Gasteiger partial charge < -0.3 is 4.90 Å². The molecule has 0 heterocycles. The van der Waals surface area contributed by atoms with Crippen LogP contribution in [0.15, 0.2) is 47.4 Å². The summed E-state index contributed by atoms with van der Waals surface area (Å²) in [5.41, 5.74) is 2.51. The molecule has 0 fully saturated rings. The minimum atomic E-state index is -0.987. The van der Waals surface area contributed by atoms with Crippen LogP contribution in [0.25, 0.3) is 0 Å². The first kappa shape index (κ1) is 16.7. The molecule has 116 valence electrons. The van der Waals surface area contributed by atoms with Crippen LogP contribution in [0.5, 0.6) is 0 Å². The molecule has 2 rings (SSSR count). The number of aryl methyl sites for hydroxylation is 1. The highest BCUT2D eigenvalue weighted by Gasteiger charge is 2.14. The second kappa shape index (κ2) is 7.07. The minimum absolute atomic E-state index is 0.0442. The monoisotopic (exact) mass is 335 g/mol. The number of hydrogen-bond donors (Lipinski definition) is 0. The number of carbonyl (C=O) groups excluding carboxylic acids is 1. The van der Waals surface area contributed by atoms with Crippen molar-refractivity contribution >= 4 is 28.3 Å². The molecule has 1 amide bonds. The second-order valence-electron chi connectivity index (χ2n) is 5.22. The van der Waals surface area contributed by atoms with Crippen molar-refractivity contribution in [2.24, 2.45) is 0 Å². The quantitative estimate of drug-likeness (QED) is 0.855. The Bertz CT molecular complexity index is 713. The molecule has 2 aromatic carbocycles. The molecule has 0 aliphatic rings. The summed E-state index contributed by atoms with van der Waals surface area (Å²) in [6, 6.07) is 12.7. The standard InChI is InChI=1S/C17H18ClNO2S/c1-12-10-14(18)6-9-16(12)17(20)19(2)11-13-4-7-15(8-5-13)22(3)21/h4-10H,11H2,1-3H3/t22-/m0/s1. The fraction of sp³-hybridized carbons (Fsp3) is 0.235. The molecule has 0 unspecified atom stereocenters. The minimum Gasteiger partial charge on any atom is -0.337 e. The summed E-state index contributed by atoms with van der Waals surface area (Å²) in [6.45, 7) is 2.37. The maximum Gasteiger partial charge on any atom is 0.254 e. The van der Waals surface area contributed by atoms with Crippen LogP contribution >= 0.6 is 11.6 Å². The van der Waals surface area contributed by atoms with Gasteiger partial charge in [0.15, 0.2) is 0 Å². The Morgan fingerprint density at radius 3 is 2.36 bits per heavy atom. The lowest BCUT2D eigenvalue weighted by molar-refractivity contribution is 0.0784. The van der Waals surface area contributed by atoms with Crippen molar-refractivity contribution in [2.75, 3.05) is 13.3 Å². The van der Waals surface area contributed by atoms with Gasteiger partial charge in [0.1, 0.15) is 0 Å². The van der Waals surface area contributed by atoms with Gasteiger partial charge in [0, 0.05) is 46.1 Å². The molecule has 5 heteroatoms. The molecule has 0 aromatic heterocycles. The number of halogens is 1. The van der Waals surface area contributed by atoms with Crippen LogP contribution in [0.4, 0.5) is 0 Å². The van der Waals surface area contributed by atoms with E-state index in [-0.39, 0.29) is 5.91 Å². The van der Waals surface area contributed by atoms with Gasteiger partial charge in [-0.05, 0) is 48.4 Å². The average Bonchev–Trinajstić information content (AvgIpc) is 2.47. The van der Waals surface area contributed by atoms with Crippen molar-refractivity contribution in [3.8, 4) is 0 Å². The zero-order valence-electron chi connectivity index (χ0n) is 12.8. The smallest absolute Gasteiger partial charge is 0.254 e. The van der Waals surface area contributed by atoms with Crippen molar-refractivity contribution < 1.29 is 9.00 Å². The predicted molar refractivity (Wildman–Crippen MR) is 90.8 cm³/mol. The summed E-state index contributed by atoms with van der Waals surface area (Å²) < 4.78 is 11.4. The zero-order valence-corrected chi connectivity index (χ0v) is 14.4. The number of hydrogen-bond acceptors (Lipinski definition) is 2. The molecule has 1 atom stereocenters. The van der Waals surface area contributed by atoms with Crippen molar-refractivity contribution in [3.63, 3.8) is 0 Å². The van der Waals surface area contributed by atoms with E-state index >= 15 is 0 Å². The molecule has 0 radical (unpaired) electrons.